The van der Waals surface area contributed by atoms with Gasteiger partial charge in [0.25, 0.3) is 0 Å². The molecule has 0 amide bonds. The molecule has 5 nitrogen and oxygen atoms in total. The molecule has 0 aliphatic carbocycles. The van der Waals surface area contributed by atoms with Crippen molar-refractivity contribution in [1.29, 1.82) is 0 Å². The predicted molar refractivity (Wildman–Crippen MR) is 110 cm³/mol. The van der Waals surface area contributed by atoms with Crippen LogP contribution in [0.4, 0.5) is 0 Å². The van der Waals surface area contributed by atoms with Crippen LogP contribution in [-0.4, -0.2) is 23.3 Å². The lowest BCUT2D eigenvalue weighted by atomic mass is 9.79. The Morgan fingerprint density at radius 1 is 0.963 bits per heavy atom. The van der Waals surface area contributed by atoms with E-state index in [1.54, 1.807) is 11.2 Å². The third kappa shape index (κ3) is 4.35. The number of benzene rings is 2. The van der Waals surface area contributed by atoms with Crippen LogP contribution < -0.4 is 17.0 Å². The second-order valence-corrected chi connectivity index (χ2v) is 7.95. The molecule has 27 heavy (non-hydrogen) atoms. The lowest BCUT2D eigenvalue weighted by molar-refractivity contribution is 0.00578. The maximum atomic E-state index is 6.22. The Morgan fingerprint density at radius 2 is 1.52 bits per heavy atom. The van der Waals surface area contributed by atoms with Crippen LogP contribution in [0.5, 0.6) is 0 Å². The highest BCUT2D eigenvalue weighted by molar-refractivity contribution is 6.62. The van der Waals surface area contributed by atoms with Crippen molar-refractivity contribution < 1.29 is 9.31 Å². The van der Waals surface area contributed by atoms with Crippen molar-refractivity contribution in [3.63, 3.8) is 0 Å². The molecule has 0 saturated carbocycles. The molecule has 1 aliphatic rings. The van der Waals surface area contributed by atoms with E-state index in [1.807, 2.05) is 82.3 Å². The third-order valence-corrected chi connectivity index (χ3v) is 5.28. The summed E-state index contributed by atoms with van der Waals surface area (Å²) in [4.78, 5) is 0. The lowest BCUT2D eigenvalue weighted by Crippen LogP contribution is -2.41. The average Bonchev–Trinajstić information content (AvgIpc) is 2.83. The minimum atomic E-state index is -0.377. The van der Waals surface area contributed by atoms with Crippen molar-refractivity contribution in [3.8, 4) is 0 Å². The molecule has 6 heteroatoms. The van der Waals surface area contributed by atoms with Crippen LogP contribution in [-0.2, 0) is 15.9 Å². The Labute approximate surface area is 162 Å². The molecule has 1 fully saturated rings. The fraction of sp³-hybridized carbons (Fsp3) is 0.333. The van der Waals surface area contributed by atoms with E-state index in [4.69, 9.17) is 20.9 Å². The first kappa shape index (κ1) is 19.5. The largest absolute Gasteiger partial charge is 0.494 e. The van der Waals surface area contributed by atoms with Crippen molar-refractivity contribution in [3.05, 3.63) is 71.9 Å². The Balaban J connectivity index is 1.68. The van der Waals surface area contributed by atoms with Crippen LogP contribution in [0.3, 0.4) is 0 Å². The summed E-state index contributed by atoms with van der Waals surface area (Å²) in [7, 11) is -0.377. The molecule has 1 aliphatic heterocycles. The zero-order valence-electron chi connectivity index (χ0n) is 16.5. The summed E-state index contributed by atoms with van der Waals surface area (Å²) >= 11 is 0. The molecule has 2 aromatic carbocycles. The van der Waals surface area contributed by atoms with Gasteiger partial charge in [-0.1, -0.05) is 54.6 Å². The van der Waals surface area contributed by atoms with Crippen LogP contribution in [0.2, 0.25) is 0 Å². The smallest absolute Gasteiger partial charge is 0.399 e. The van der Waals surface area contributed by atoms with Crippen LogP contribution in [0.1, 0.15) is 38.8 Å². The number of nitrogens with zero attached hydrogens (tertiary/aromatic N) is 1. The van der Waals surface area contributed by atoms with E-state index >= 15 is 0 Å². The van der Waals surface area contributed by atoms with E-state index in [0.717, 1.165) is 16.6 Å². The summed E-state index contributed by atoms with van der Waals surface area (Å²) in [6, 6.07) is 17.9. The molecule has 3 rings (SSSR count). The SMILES string of the molecule is CC1(C)OB(c2ccc(/C(N)=C/N(N)Cc3ccccc3)cc2)OC1(C)C. The molecule has 142 valence electrons. The van der Waals surface area contributed by atoms with Gasteiger partial charge in [-0.25, -0.2) is 5.84 Å². The quantitative estimate of drug-likeness (QED) is 0.484. The van der Waals surface area contributed by atoms with Gasteiger partial charge in [-0.2, -0.15) is 0 Å². The second-order valence-electron chi connectivity index (χ2n) is 7.95. The molecule has 2 aromatic rings. The van der Waals surface area contributed by atoms with Crippen LogP contribution >= 0.6 is 0 Å². The summed E-state index contributed by atoms with van der Waals surface area (Å²) in [6.07, 6.45) is 1.75. The van der Waals surface area contributed by atoms with Gasteiger partial charge in [-0.15, -0.1) is 0 Å². The molecule has 0 aromatic heterocycles. The Bertz CT molecular complexity index is 788. The van der Waals surface area contributed by atoms with Gasteiger partial charge in [0.2, 0.25) is 0 Å². The fourth-order valence-corrected chi connectivity index (χ4v) is 2.90. The van der Waals surface area contributed by atoms with Crippen molar-refractivity contribution >= 4 is 18.3 Å². The lowest BCUT2D eigenvalue weighted by Gasteiger charge is -2.32. The van der Waals surface area contributed by atoms with Gasteiger partial charge in [0.05, 0.1) is 23.4 Å². The number of hydrazine groups is 1. The standard InChI is InChI=1S/C21H28BN3O2/c1-20(2)21(3,4)27-22(26-20)18-12-10-17(11-13-18)19(23)15-25(24)14-16-8-6-5-7-9-16/h5-13,15H,14,23-24H2,1-4H3/b19-15-. The van der Waals surface area contributed by atoms with E-state index in [1.165, 1.54) is 0 Å². The Hall–Kier alpha value is -2.28. The molecular weight excluding hydrogens is 337 g/mol. The number of rotatable bonds is 5. The second kappa shape index (κ2) is 7.39. The molecule has 1 saturated heterocycles. The topological polar surface area (TPSA) is 73.7 Å². The van der Waals surface area contributed by atoms with Crippen LogP contribution in [0.15, 0.2) is 60.8 Å². The number of nitrogens with two attached hydrogens (primary N) is 2. The van der Waals surface area contributed by atoms with Gasteiger partial charge < -0.3 is 20.1 Å². The molecular formula is C21H28BN3O2. The number of hydrogen-bond acceptors (Lipinski definition) is 5. The van der Waals surface area contributed by atoms with E-state index < -0.39 is 0 Å². The summed E-state index contributed by atoms with van der Waals surface area (Å²) in [6.45, 7) is 8.78. The summed E-state index contributed by atoms with van der Waals surface area (Å²) < 4.78 is 12.2. The first-order chi connectivity index (χ1) is 12.7. The maximum Gasteiger partial charge on any atom is 0.494 e. The molecule has 0 bridgehead atoms. The maximum absolute atomic E-state index is 6.22. The van der Waals surface area contributed by atoms with Gasteiger partial charge in [0.15, 0.2) is 0 Å². The van der Waals surface area contributed by atoms with E-state index in [-0.39, 0.29) is 18.3 Å². The molecule has 4 N–H and O–H groups in total. The predicted octanol–water partition coefficient (Wildman–Crippen LogP) is 2.62. The minimum absolute atomic E-state index is 0.354. The first-order valence-electron chi connectivity index (χ1n) is 9.16. The van der Waals surface area contributed by atoms with Gasteiger partial charge >= 0.3 is 7.12 Å². The van der Waals surface area contributed by atoms with Crippen molar-refractivity contribution in [1.82, 2.24) is 5.01 Å². The van der Waals surface area contributed by atoms with Crippen molar-refractivity contribution in [2.24, 2.45) is 11.6 Å². The highest BCUT2D eigenvalue weighted by Gasteiger charge is 2.51. The normalized spacial score (nSPS) is 18.6. The van der Waals surface area contributed by atoms with Gasteiger partial charge in [0.1, 0.15) is 0 Å². The summed E-state index contributed by atoms with van der Waals surface area (Å²) in [5.74, 6) is 6.07. The molecule has 0 atom stereocenters. The van der Waals surface area contributed by atoms with E-state index in [0.29, 0.717) is 12.2 Å². The Kier molecular flexibility index (Phi) is 5.33. The summed E-state index contributed by atoms with van der Waals surface area (Å²) in [5.41, 5.74) is 9.11. The van der Waals surface area contributed by atoms with Crippen molar-refractivity contribution in [2.45, 2.75) is 45.4 Å². The zero-order chi connectivity index (χ0) is 19.7. The zero-order valence-corrected chi connectivity index (χ0v) is 16.5. The van der Waals surface area contributed by atoms with Gasteiger partial charge in [-0.3, -0.25) is 0 Å². The minimum Gasteiger partial charge on any atom is -0.399 e. The molecule has 1 heterocycles. The monoisotopic (exact) mass is 365 g/mol. The molecule has 0 spiro atoms. The number of hydrogen-bond donors (Lipinski definition) is 2. The van der Waals surface area contributed by atoms with E-state index in [9.17, 15) is 0 Å². The van der Waals surface area contributed by atoms with Crippen LogP contribution in [0.25, 0.3) is 5.70 Å². The third-order valence-electron chi connectivity index (χ3n) is 5.28. The van der Waals surface area contributed by atoms with Gasteiger partial charge in [0, 0.05) is 6.20 Å². The fourth-order valence-electron chi connectivity index (χ4n) is 2.90. The Morgan fingerprint density at radius 3 is 2.07 bits per heavy atom. The first-order valence-corrected chi connectivity index (χ1v) is 9.16. The highest BCUT2D eigenvalue weighted by Crippen LogP contribution is 2.36. The summed E-state index contributed by atoms with van der Waals surface area (Å²) in [5, 5.41) is 1.59. The van der Waals surface area contributed by atoms with Gasteiger partial charge in [-0.05, 0) is 44.3 Å². The highest BCUT2D eigenvalue weighted by atomic mass is 16.7. The molecule has 0 radical (unpaired) electrons. The van der Waals surface area contributed by atoms with Crippen molar-refractivity contribution in [2.75, 3.05) is 0 Å². The average molecular weight is 365 g/mol. The molecule has 0 unspecified atom stereocenters. The van der Waals surface area contributed by atoms with E-state index in [2.05, 4.69) is 0 Å². The van der Waals surface area contributed by atoms with Crippen LogP contribution in [0, 0.1) is 0 Å².